The van der Waals surface area contributed by atoms with E-state index in [2.05, 4.69) is 0 Å². The van der Waals surface area contributed by atoms with Crippen molar-refractivity contribution in [2.45, 2.75) is 25.8 Å². The zero-order valence-electron chi connectivity index (χ0n) is 8.48. The number of nitrogens with two attached hydrogens (primary N) is 2. The molecule has 0 spiro atoms. The third-order valence-electron chi connectivity index (χ3n) is 2.12. The highest BCUT2D eigenvalue weighted by molar-refractivity contribution is 5.73. The van der Waals surface area contributed by atoms with Gasteiger partial charge in [-0.3, -0.25) is 9.59 Å². The first-order chi connectivity index (χ1) is 7.11. The van der Waals surface area contributed by atoms with E-state index in [1.165, 1.54) is 4.57 Å². The SMILES string of the molecule is NC(=O)CCCCn1cccc(N)c1=O. The Kier molecular flexibility index (Phi) is 3.91. The molecule has 0 aliphatic heterocycles. The number of aryl methyl sites for hydroxylation is 1. The monoisotopic (exact) mass is 209 g/mol. The van der Waals surface area contributed by atoms with Crippen LogP contribution >= 0.6 is 0 Å². The summed E-state index contributed by atoms with van der Waals surface area (Å²) in [6.07, 6.45) is 3.48. The molecule has 5 heteroatoms. The Balaban J connectivity index is 2.48. The molecule has 1 heterocycles. The van der Waals surface area contributed by atoms with Crippen LogP contribution in [-0.4, -0.2) is 10.5 Å². The van der Waals surface area contributed by atoms with Gasteiger partial charge in [0.05, 0.1) is 5.69 Å². The minimum Gasteiger partial charge on any atom is -0.394 e. The van der Waals surface area contributed by atoms with E-state index < -0.39 is 0 Å². The minimum absolute atomic E-state index is 0.184. The molecule has 0 bridgehead atoms. The van der Waals surface area contributed by atoms with E-state index in [4.69, 9.17) is 11.5 Å². The summed E-state index contributed by atoms with van der Waals surface area (Å²) < 4.78 is 1.54. The minimum atomic E-state index is -0.310. The smallest absolute Gasteiger partial charge is 0.273 e. The predicted molar refractivity (Wildman–Crippen MR) is 58.2 cm³/mol. The lowest BCUT2D eigenvalue weighted by Gasteiger charge is -2.05. The summed E-state index contributed by atoms with van der Waals surface area (Å²) in [6, 6.07) is 3.30. The molecule has 5 nitrogen and oxygen atoms in total. The number of primary amides is 1. The van der Waals surface area contributed by atoms with Gasteiger partial charge in [-0.1, -0.05) is 0 Å². The maximum absolute atomic E-state index is 11.4. The number of aromatic nitrogens is 1. The number of nitrogen functional groups attached to an aromatic ring is 1. The van der Waals surface area contributed by atoms with Crippen LogP contribution in [0.4, 0.5) is 5.69 Å². The second-order valence-electron chi connectivity index (χ2n) is 3.39. The van der Waals surface area contributed by atoms with E-state index in [-0.39, 0.29) is 17.2 Å². The zero-order chi connectivity index (χ0) is 11.3. The van der Waals surface area contributed by atoms with Gasteiger partial charge in [-0.25, -0.2) is 0 Å². The number of carbonyl (C=O) groups excluding carboxylic acids is 1. The van der Waals surface area contributed by atoms with Crippen LogP contribution in [0.5, 0.6) is 0 Å². The number of carbonyl (C=O) groups is 1. The molecular formula is C10H15N3O2. The number of rotatable bonds is 5. The molecule has 4 N–H and O–H groups in total. The molecular weight excluding hydrogens is 194 g/mol. The van der Waals surface area contributed by atoms with Gasteiger partial charge in [0.1, 0.15) is 0 Å². The highest BCUT2D eigenvalue weighted by atomic mass is 16.1. The van der Waals surface area contributed by atoms with Gasteiger partial charge in [-0.05, 0) is 25.0 Å². The van der Waals surface area contributed by atoms with Gasteiger partial charge in [0.2, 0.25) is 5.91 Å². The fourth-order valence-electron chi connectivity index (χ4n) is 1.31. The first kappa shape index (κ1) is 11.3. The van der Waals surface area contributed by atoms with E-state index in [1.54, 1.807) is 18.3 Å². The van der Waals surface area contributed by atoms with Gasteiger partial charge in [0.25, 0.3) is 5.56 Å². The molecule has 82 valence electrons. The lowest BCUT2D eigenvalue weighted by molar-refractivity contribution is -0.118. The van der Waals surface area contributed by atoms with E-state index >= 15 is 0 Å². The van der Waals surface area contributed by atoms with Crippen LogP contribution in [0.25, 0.3) is 0 Å². The molecule has 15 heavy (non-hydrogen) atoms. The van der Waals surface area contributed by atoms with Crippen LogP contribution in [0.2, 0.25) is 0 Å². The lowest BCUT2D eigenvalue weighted by atomic mass is 10.2. The molecule has 0 saturated heterocycles. The van der Waals surface area contributed by atoms with Crippen LogP contribution in [-0.2, 0) is 11.3 Å². The number of pyridine rings is 1. The molecule has 0 aliphatic rings. The molecule has 0 unspecified atom stereocenters. The Hall–Kier alpha value is -1.78. The number of hydrogen-bond acceptors (Lipinski definition) is 3. The summed E-state index contributed by atoms with van der Waals surface area (Å²) in [4.78, 5) is 21.9. The summed E-state index contributed by atoms with van der Waals surface area (Å²) in [5.74, 6) is -0.310. The van der Waals surface area contributed by atoms with Gasteiger partial charge in [0, 0.05) is 19.2 Å². The molecule has 0 fully saturated rings. The van der Waals surface area contributed by atoms with Crippen molar-refractivity contribution in [1.29, 1.82) is 0 Å². The van der Waals surface area contributed by atoms with Crippen LogP contribution in [0.15, 0.2) is 23.1 Å². The largest absolute Gasteiger partial charge is 0.394 e. The molecule has 1 aromatic heterocycles. The standard InChI is InChI=1S/C10H15N3O2/c11-8-4-3-7-13(10(8)15)6-2-1-5-9(12)14/h3-4,7H,1-2,5-6,11H2,(H2,12,14). The van der Waals surface area contributed by atoms with E-state index in [0.717, 1.165) is 6.42 Å². The normalized spacial score (nSPS) is 10.1. The fourth-order valence-corrected chi connectivity index (χ4v) is 1.31. The van der Waals surface area contributed by atoms with Gasteiger partial charge in [0.15, 0.2) is 0 Å². The quantitative estimate of drug-likeness (QED) is 0.673. The predicted octanol–water partition coefficient (Wildman–Crippen LogP) is 0.0861. The molecule has 0 radical (unpaired) electrons. The maximum Gasteiger partial charge on any atom is 0.273 e. The Labute approximate surface area is 87.7 Å². The van der Waals surface area contributed by atoms with Crippen LogP contribution < -0.4 is 17.0 Å². The van der Waals surface area contributed by atoms with Gasteiger partial charge < -0.3 is 16.0 Å². The summed E-state index contributed by atoms with van der Waals surface area (Å²) in [7, 11) is 0. The van der Waals surface area contributed by atoms with Crippen LogP contribution in [0.1, 0.15) is 19.3 Å². The lowest BCUT2D eigenvalue weighted by Crippen LogP contribution is -2.22. The third-order valence-corrected chi connectivity index (χ3v) is 2.12. The van der Waals surface area contributed by atoms with E-state index in [0.29, 0.717) is 19.4 Å². The van der Waals surface area contributed by atoms with Gasteiger partial charge in [-0.2, -0.15) is 0 Å². The number of nitrogens with zero attached hydrogens (tertiary/aromatic N) is 1. The average molecular weight is 209 g/mol. The first-order valence-electron chi connectivity index (χ1n) is 4.84. The van der Waals surface area contributed by atoms with E-state index in [9.17, 15) is 9.59 Å². The summed E-state index contributed by atoms with van der Waals surface area (Å²) in [5, 5.41) is 0. The fraction of sp³-hybridized carbons (Fsp3) is 0.400. The maximum atomic E-state index is 11.4. The van der Waals surface area contributed by atoms with E-state index in [1.807, 2.05) is 0 Å². The highest BCUT2D eigenvalue weighted by Gasteiger charge is 1.99. The molecule has 1 aromatic rings. The first-order valence-corrected chi connectivity index (χ1v) is 4.84. The van der Waals surface area contributed by atoms with Gasteiger partial charge >= 0.3 is 0 Å². The van der Waals surface area contributed by atoms with Gasteiger partial charge in [-0.15, -0.1) is 0 Å². The molecule has 1 amide bonds. The average Bonchev–Trinajstić information content (AvgIpc) is 2.18. The summed E-state index contributed by atoms with van der Waals surface area (Å²) in [6.45, 7) is 0.567. The molecule has 0 atom stereocenters. The van der Waals surface area contributed by atoms with Crippen LogP contribution in [0.3, 0.4) is 0 Å². The third kappa shape index (κ3) is 3.46. The molecule has 0 saturated carbocycles. The van der Waals surface area contributed by atoms with Crippen molar-refractivity contribution in [3.8, 4) is 0 Å². The molecule has 0 aliphatic carbocycles. The Morgan fingerprint density at radius 1 is 1.40 bits per heavy atom. The Bertz CT molecular complexity index is 398. The number of amides is 1. The second-order valence-corrected chi connectivity index (χ2v) is 3.39. The van der Waals surface area contributed by atoms with Crippen molar-refractivity contribution in [2.24, 2.45) is 5.73 Å². The zero-order valence-corrected chi connectivity index (χ0v) is 8.48. The Morgan fingerprint density at radius 2 is 2.13 bits per heavy atom. The molecule has 1 rings (SSSR count). The summed E-state index contributed by atoms with van der Waals surface area (Å²) >= 11 is 0. The van der Waals surface area contributed by atoms with Crippen molar-refractivity contribution < 1.29 is 4.79 Å². The Morgan fingerprint density at radius 3 is 2.80 bits per heavy atom. The number of hydrogen-bond donors (Lipinski definition) is 2. The van der Waals surface area contributed by atoms with Crippen molar-refractivity contribution in [3.63, 3.8) is 0 Å². The van der Waals surface area contributed by atoms with Crippen molar-refractivity contribution in [3.05, 3.63) is 28.7 Å². The van der Waals surface area contributed by atoms with Crippen LogP contribution in [0, 0.1) is 0 Å². The van der Waals surface area contributed by atoms with Crippen molar-refractivity contribution >= 4 is 11.6 Å². The highest BCUT2D eigenvalue weighted by Crippen LogP contribution is 1.98. The molecule has 0 aromatic carbocycles. The number of unbranched alkanes of at least 4 members (excludes halogenated alkanes) is 1. The topological polar surface area (TPSA) is 91.1 Å². The summed E-state index contributed by atoms with van der Waals surface area (Å²) in [5.41, 5.74) is 10.5. The van der Waals surface area contributed by atoms with Crippen molar-refractivity contribution in [2.75, 3.05) is 5.73 Å². The van der Waals surface area contributed by atoms with Crippen molar-refractivity contribution in [1.82, 2.24) is 4.57 Å². The second kappa shape index (κ2) is 5.19. The number of anilines is 1.